The maximum Gasteiger partial charge on any atom is 0.303 e. The summed E-state index contributed by atoms with van der Waals surface area (Å²) < 4.78 is 0. The van der Waals surface area contributed by atoms with E-state index in [1.807, 2.05) is 0 Å². The van der Waals surface area contributed by atoms with E-state index in [-0.39, 0.29) is 0 Å². The molecule has 0 saturated heterocycles. The van der Waals surface area contributed by atoms with Gasteiger partial charge in [0.25, 0.3) is 0 Å². The minimum absolute atomic E-state index is 0.343. The zero-order valence-corrected chi connectivity index (χ0v) is 12.3. The number of hydrogen-bond acceptors (Lipinski definition) is 1. The lowest BCUT2D eigenvalue weighted by Gasteiger charge is -2.00. The molecule has 108 valence electrons. The van der Waals surface area contributed by atoms with E-state index in [9.17, 15) is 4.79 Å². The molecule has 0 aromatic rings. The quantitative estimate of drug-likeness (QED) is 0.408. The highest BCUT2D eigenvalue weighted by molar-refractivity contribution is 5.66. The zero-order valence-electron chi connectivity index (χ0n) is 12.3. The van der Waals surface area contributed by atoms with E-state index in [1.54, 1.807) is 0 Å². The van der Waals surface area contributed by atoms with Gasteiger partial charge in [0.2, 0.25) is 0 Å². The summed E-state index contributed by atoms with van der Waals surface area (Å²) in [6.45, 7) is 14.2. The Morgan fingerprint density at radius 3 is 1.44 bits per heavy atom. The topological polar surface area (TPSA) is 37.3 Å². The SMILES string of the molecule is C=C.C=C.CCCCCCCCCCCC(=O)O. The molecule has 0 atom stereocenters. The van der Waals surface area contributed by atoms with Crippen molar-refractivity contribution in [3.63, 3.8) is 0 Å². The molecule has 0 aliphatic rings. The number of carboxylic acids is 1. The number of carbonyl (C=O) groups is 1. The fourth-order valence-corrected chi connectivity index (χ4v) is 1.59. The van der Waals surface area contributed by atoms with Crippen LogP contribution < -0.4 is 0 Å². The molecular weight excluding hydrogens is 224 g/mol. The Morgan fingerprint density at radius 1 is 0.778 bits per heavy atom. The molecule has 18 heavy (non-hydrogen) atoms. The first-order valence-electron chi connectivity index (χ1n) is 6.99. The second-order valence-corrected chi connectivity index (χ2v) is 3.97. The molecule has 0 fully saturated rings. The minimum Gasteiger partial charge on any atom is -0.481 e. The first kappa shape index (κ1) is 22.2. The van der Waals surface area contributed by atoms with Crippen LogP contribution in [0.3, 0.4) is 0 Å². The third-order valence-electron chi connectivity index (χ3n) is 2.49. The van der Waals surface area contributed by atoms with Gasteiger partial charge in [-0.1, -0.05) is 58.3 Å². The van der Waals surface area contributed by atoms with Crippen LogP contribution in [-0.4, -0.2) is 11.1 Å². The van der Waals surface area contributed by atoms with Gasteiger partial charge in [0, 0.05) is 6.42 Å². The third kappa shape index (κ3) is 29.4. The number of unbranched alkanes of at least 4 members (excludes halogenated alkanes) is 8. The van der Waals surface area contributed by atoms with Crippen LogP contribution in [0.4, 0.5) is 0 Å². The van der Waals surface area contributed by atoms with Gasteiger partial charge in [0.05, 0.1) is 0 Å². The normalized spacial score (nSPS) is 8.50. The lowest BCUT2D eigenvalue weighted by atomic mass is 10.1. The number of carboxylic acid groups (broad SMARTS) is 1. The van der Waals surface area contributed by atoms with Gasteiger partial charge < -0.3 is 5.11 Å². The van der Waals surface area contributed by atoms with Crippen molar-refractivity contribution in [2.24, 2.45) is 0 Å². The van der Waals surface area contributed by atoms with Gasteiger partial charge >= 0.3 is 5.97 Å². The molecule has 0 unspecified atom stereocenters. The fraction of sp³-hybridized carbons (Fsp3) is 0.688. The van der Waals surface area contributed by atoms with E-state index in [4.69, 9.17) is 5.11 Å². The van der Waals surface area contributed by atoms with Crippen molar-refractivity contribution in [3.8, 4) is 0 Å². The second-order valence-electron chi connectivity index (χ2n) is 3.97. The summed E-state index contributed by atoms with van der Waals surface area (Å²) in [7, 11) is 0. The lowest BCUT2D eigenvalue weighted by Crippen LogP contribution is -1.93. The molecular formula is C16H32O2. The Labute approximate surface area is 114 Å². The second kappa shape index (κ2) is 25.0. The molecule has 0 spiro atoms. The fourth-order valence-electron chi connectivity index (χ4n) is 1.59. The van der Waals surface area contributed by atoms with Gasteiger partial charge in [-0.3, -0.25) is 4.79 Å². The Hall–Kier alpha value is -1.05. The monoisotopic (exact) mass is 256 g/mol. The highest BCUT2D eigenvalue weighted by Gasteiger charge is 1.96. The lowest BCUT2D eigenvalue weighted by molar-refractivity contribution is -0.137. The van der Waals surface area contributed by atoms with Gasteiger partial charge in [-0.15, -0.1) is 26.3 Å². The zero-order chi connectivity index (χ0) is 14.6. The summed E-state index contributed by atoms with van der Waals surface area (Å²) >= 11 is 0. The van der Waals surface area contributed by atoms with Gasteiger partial charge in [-0.05, 0) is 6.42 Å². The summed E-state index contributed by atoms with van der Waals surface area (Å²) in [6.07, 6.45) is 11.5. The predicted octanol–water partition coefficient (Wildman–Crippen LogP) is 5.60. The van der Waals surface area contributed by atoms with Gasteiger partial charge in [-0.25, -0.2) is 0 Å². The summed E-state index contributed by atoms with van der Waals surface area (Å²) in [5.74, 6) is -0.659. The Bertz CT molecular complexity index is 153. The number of hydrogen-bond donors (Lipinski definition) is 1. The summed E-state index contributed by atoms with van der Waals surface area (Å²) in [6, 6.07) is 0. The Kier molecular flexibility index (Phi) is 30.7. The summed E-state index contributed by atoms with van der Waals surface area (Å²) in [5.41, 5.74) is 0. The molecule has 0 aromatic heterocycles. The molecule has 0 heterocycles. The van der Waals surface area contributed by atoms with Crippen LogP contribution in [0.5, 0.6) is 0 Å². The van der Waals surface area contributed by atoms with Crippen LogP contribution in [0, 0.1) is 0 Å². The van der Waals surface area contributed by atoms with Crippen LogP contribution in [0.15, 0.2) is 26.3 Å². The summed E-state index contributed by atoms with van der Waals surface area (Å²) in [5, 5.41) is 8.41. The maximum atomic E-state index is 10.2. The van der Waals surface area contributed by atoms with E-state index in [0.717, 1.165) is 12.8 Å². The molecule has 2 heteroatoms. The standard InChI is InChI=1S/C12H24O2.2C2H4/c1-2-3-4-5-6-7-8-9-10-11-12(13)14;2*1-2/h2-11H2,1H3,(H,13,14);2*1-2H2. The molecule has 0 amide bonds. The van der Waals surface area contributed by atoms with Crippen LogP contribution in [0.25, 0.3) is 0 Å². The third-order valence-corrected chi connectivity index (χ3v) is 2.49. The van der Waals surface area contributed by atoms with Crippen molar-refractivity contribution in [2.75, 3.05) is 0 Å². The maximum absolute atomic E-state index is 10.2. The smallest absolute Gasteiger partial charge is 0.303 e. The van der Waals surface area contributed by atoms with Crippen LogP contribution in [-0.2, 0) is 4.79 Å². The van der Waals surface area contributed by atoms with E-state index < -0.39 is 5.97 Å². The van der Waals surface area contributed by atoms with Gasteiger partial charge in [0.1, 0.15) is 0 Å². The van der Waals surface area contributed by atoms with Crippen LogP contribution in [0.1, 0.15) is 71.1 Å². The van der Waals surface area contributed by atoms with Crippen molar-refractivity contribution < 1.29 is 9.90 Å². The molecule has 1 N–H and O–H groups in total. The van der Waals surface area contributed by atoms with Crippen molar-refractivity contribution >= 4 is 5.97 Å². The van der Waals surface area contributed by atoms with Crippen LogP contribution >= 0.6 is 0 Å². The van der Waals surface area contributed by atoms with E-state index in [0.29, 0.717) is 6.42 Å². The van der Waals surface area contributed by atoms with E-state index in [1.165, 1.54) is 44.9 Å². The molecule has 0 bridgehead atoms. The van der Waals surface area contributed by atoms with Crippen molar-refractivity contribution in [3.05, 3.63) is 26.3 Å². The molecule has 0 aliphatic carbocycles. The molecule has 0 radical (unpaired) electrons. The average Bonchev–Trinajstić information content (AvgIpc) is 2.41. The Morgan fingerprint density at radius 2 is 1.11 bits per heavy atom. The highest BCUT2D eigenvalue weighted by Crippen LogP contribution is 2.10. The van der Waals surface area contributed by atoms with E-state index >= 15 is 0 Å². The van der Waals surface area contributed by atoms with Crippen LogP contribution in [0.2, 0.25) is 0 Å². The molecule has 0 rings (SSSR count). The average molecular weight is 256 g/mol. The molecule has 0 aliphatic heterocycles. The molecule has 2 nitrogen and oxygen atoms in total. The Balaban J connectivity index is -0.000000506. The number of aliphatic carboxylic acids is 1. The first-order chi connectivity index (χ1) is 8.77. The van der Waals surface area contributed by atoms with Gasteiger partial charge in [-0.2, -0.15) is 0 Å². The minimum atomic E-state index is -0.659. The first-order valence-corrected chi connectivity index (χ1v) is 6.99. The van der Waals surface area contributed by atoms with Gasteiger partial charge in [0.15, 0.2) is 0 Å². The van der Waals surface area contributed by atoms with E-state index in [2.05, 4.69) is 33.2 Å². The van der Waals surface area contributed by atoms with Crippen molar-refractivity contribution in [1.29, 1.82) is 0 Å². The van der Waals surface area contributed by atoms with Crippen molar-refractivity contribution in [2.45, 2.75) is 71.1 Å². The predicted molar refractivity (Wildman–Crippen MR) is 82.0 cm³/mol. The molecule has 0 saturated carbocycles. The largest absolute Gasteiger partial charge is 0.481 e. The molecule has 0 aromatic carbocycles. The van der Waals surface area contributed by atoms with Crippen molar-refractivity contribution in [1.82, 2.24) is 0 Å². The summed E-state index contributed by atoms with van der Waals surface area (Å²) in [4.78, 5) is 10.2. The highest BCUT2D eigenvalue weighted by atomic mass is 16.4. The number of rotatable bonds is 10.